The highest BCUT2D eigenvalue weighted by molar-refractivity contribution is 7.17. The van der Waals surface area contributed by atoms with Crippen molar-refractivity contribution in [2.45, 2.75) is 32.4 Å². The molecule has 5 heteroatoms. The van der Waals surface area contributed by atoms with E-state index in [0.717, 1.165) is 37.6 Å². The number of piperidine rings is 1. The third-order valence-electron chi connectivity index (χ3n) is 4.41. The van der Waals surface area contributed by atoms with E-state index in [2.05, 4.69) is 33.6 Å². The number of aliphatic hydroxyl groups is 1. The van der Waals surface area contributed by atoms with E-state index < -0.39 is 0 Å². The number of hydrogen-bond donors (Lipinski definition) is 2. The van der Waals surface area contributed by atoms with Crippen LogP contribution in [0.2, 0.25) is 0 Å². The van der Waals surface area contributed by atoms with Gasteiger partial charge in [0.25, 0.3) is 0 Å². The minimum Gasteiger partial charge on any atom is -0.390 e. The van der Waals surface area contributed by atoms with Gasteiger partial charge in [-0.1, -0.05) is 6.92 Å². The van der Waals surface area contributed by atoms with Crippen LogP contribution in [0.1, 0.15) is 25.3 Å². The van der Waals surface area contributed by atoms with Crippen molar-refractivity contribution in [3.05, 3.63) is 29.3 Å². The average Bonchev–Trinajstić information content (AvgIpc) is 2.97. The molecule has 0 aromatic carbocycles. The van der Waals surface area contributed by atoms with Crippen LogP contribution in [0.4, 0.5) is 0 Å². The van der Waals surface area contributed by atoms with Crippen LogP contribution in [-0.2, 0) is 6.54 Å². The van der Waals surface area contributed by atoms with Gasteiger partial charge in [0.15, 0.2) is 0 Å². The van der Waals surface area contributed by atoms with Crippen molar-refractivity contribution in [3.63, 3.8) is 0 Å². The molecule has 3 rings (SSSR count). The van der Waals surface area contributed by atoms with Crippen LogP contribution in [0, 0.1) is 5.92 Å². The molecule has 2 N–H and O–H groups in total. The summed E-state index contributed by atoms with van der Waals surface area (Å²) in [5, 5.41) is 15.6. The van der Waals surface area contributed by atoms with Gasteiger partial charge in [-0.2, -0.15) is 0 Å². The third kappa shape index (κ3) is 4.26. The number of pyridine rings is 1. The fourth-order valence-corrected chi connectivity index (χ4v) is 3.78. The normalized spacial score (nSPS) is 18.8. The molecule has 1 unspecified atom stereocenters. The molecular formula is C17H25N3OS. The van der Waals surface area contributed by atoms with Crippen LogP contribution >= 0.6 is 11.3 Å². The van der Waals surface area contributed by atoms with Gasteiger partial charge in [-0.15, -0.1) is 11.3 Å². The topological polar surface area (TPSA) is 48.4 Å². The second-order valence-corrected chi connectivity index (χ2v) is 7.36. The van der Waals surface area contributed by atoms with Gasteiger partial charge in [-0.25, -0.2) is 0 Å². The van der Waals surface area contributed by atoms with Crippen molar-refractivity contribution in [1.29, 1.82) is 0 Å². The van der Waals surface area contributed by atoms with E-state index >= 15 is 0 Å². The average molecular weight is 319 g/mol. The number of likely N-dealkylation sites (tertiary alicyclic amines) is 1. The molecule has 4 nitrogen and oxygen atoms in total. The van der Waals surface area contributed by atoms with E-state index in [0.29, 0.717) is 6.54 Å². The van der Waals surface area contributed by atoms with Crippen LogP contribution in [0.25, 0.3) is 10.2 Å². The second kappa shape index (κ2) is 7.51. The Morgan fingerprint density at radius 3 is 3.09 bits per heavy atom. The highest BCUT2D eigenvalue weighted by Crippen LogP contribution is 2.19. The number of nitrogens with zero attached hydrogens (tertiary/aromatic N) is 2. The number of hydrogen-bond acceptors (Lipinski definition) is 5. The molecule has 2 aromatic heterocycles. The molecule has 0 saturated carbocycles. The number of nitrogens with one attached hydrogen (secondary N) is 1. The van der Waals surface area contributed by atoms with Gasteiger partial charge >= 0.3 is 0 Å². The Balaban J connectivity index is 1.40. The maximum Gasteiger partial charge on any atom is 0.0809 e. The lowest BCUT2D eigenvalue weighted by molar-refractivity contribution is 0.0907. The molecule has 1 saturated heterocycles. The maximum atomic E-state index is 10.2. The zero-order valence-corrected chi connectivity index (χ0v) is 14.0. The van der Waals surface area contributed by atoms with E-state index in [1.807, 2.05) is 12.3 Å². The van der Waals surface area contributed by atoms with E-state index in [4.69, 9.17) is 0 Å². The standard InChI is InChI=1S/C17H25N3OS/c1-13-2-5-20(6-3-13)12-15(21)11-18-9-14-8-17-16(19-10-14)4-7-22-17/h4,7-8,10,13,15,18,21H,2-3,5-6,9,11-12H2,1H3. The van der Waals surface area contributed by atoms with E-state index in [1.165, 1.54) is 23.1 Å². The molecule has 1 atom stereocenters. The number of thiophene rings is 1. The smallest absolute Gasteiger partial charge is 0.0809 e. The first-order chi connectivity index (χ1) is 10.7. The Hall–Kier alpha value is -1.01. The van der Waals surface area contributed by atoms with Crippen molar-refractivity contribution < 1.29 is 5.11 Å². The van der Waals surface area contributed by atoms with E-state index in [9.17, 15) is 5.11 Å². The summed E-state index contributed by atoms with van der Waals surface area (Å²) in [5.74, 6) is 0.839. The summed E-state index contributed by atoms with van der Waals surface area (Å²) in [7, 11) is 0. The van der Waals surface area contributed by atoms with Crippen LogP contribution < -0.4 is 5.32 Å². The van der Waals surface area contributed by atoms with E-state index in [-0.39, 0.29) is 6.10 Å². The second-order valence-electron chi connectivity index (χ2n) is 6.42. The van der Waals surface area contributed by atoms with Crippen molar-refractivity contribution >= 4 is 21.6 Å². The van der Waals surface area contributed by atoms with Crippen LogP contribution in [0.5, 0.6) is 0 Å². The number of β-amino-alcohol motifs (C(OH)–C–C–N with tert-alkyl or cyclic N) is 1. The molecule has 1 aliphatic rings. The molecule has 1 fully saturated rings. The van der Waals surface area contributed by atoms with Crippen molar-refractivity contribution in [2.75, 3.05) is 26.2 Å². The van der Waals surface area contributed by atoms with Crippen molar-refractivity contribution in [3.8, 4) is 0 Å². The SMILES string of the molecule is CC1CCN(CC(O)CNCc2cnc3ccsc3c2)CC1. The number of fused-ring (bicyclic) bond motifs is 1. The Morgan fingerprint density at radius 2 is 2.27 bits per heavy atom. The zero-order valence-electron chi connectivity index (χ0n) is 13.2. The van der Waals surface area contributed by atoms with E-state index in [1.54, 1.807) is 11.3 Å². The van der Waals surface area contributed by atoms with Crippen LogP contribution in [0.15, 0.2) is 23.7 Å². The predicted molar refractivity (Wildman–Crippen MR) is 92.2 cm³/mol. The highest BCUT2D eigenvalue weighted by Gasteiger charge is 2.17. The number of aromatic nitrogens is 1. The van der Waals surface area contributed by atoms with Gasteiger partial charge in [0.1, 0.15) is 0 Å². The molecule has 22 heavy (non-hydrogen) atoms. The molecule has 0 bridgehead atoms. The van der Waals surface area contributed by atoms with Gasteiger partial charge in [-0.3, -0.25) is 4.98 Å². The highest BCUT2D eigenvalue weighted by atomic mass is 32.1. The zero-order chi connectivity index (χ0) is 15.4. The lowest BCUT2D eigenvalue weighted by Gasteiger charge is -2.31. The molecule has 120 valence electrons. The summed E-state index contributed by atoms with van der Waals surface area (Å²) in [6.45, 7) is 6.73. The molecule has 0 aliphatic carbocycles. The largest absolute Gasteiger partial charge is 0.390 e. The first kappa shape index (κ1) is 15.9. The summed E-state index contributed by atoms with van der Waals surface area (Å²) in [4.78, 5) is 6.82. The fourth-order valence-electron chi connectivity index (χ4n) is 2.97. The Labute approximate surface area is 136 Å². The minimum atomic E-state index is -0.299. The van der Waals surface area contributed by atoms with Crippen LogP contribution in [0.3, 0.4) is 0 Å². The lowest BCUT2D eigenvalue weighted by Crippen LogP contribution is -2.41. The van der Waals surface area contributed by atoms with Gasteiger partial charge in [0, 0.05) is 25.8 Å². The van der Waals surface area contributed by atoms with Gasteiger partial charge < -0.3 is 15.3 Å². The monoisotopic (exact) mass is 319 g/mol. The van der Waals surface area contributed by atoms with Gasteiger partial charge in [-0.05, 0) is 54.9 Å². The third-order valence-corrected chi connectivity index (χ3v) is 5.27. The Bertz CT molecular complexity index is 592. The molecule has 3 heterocycles. The lowest BCUT2D eigenvalue weighted by atomic mass is 9.99. The Kier molecular flexibility index (Phi) is 5.41. The quantitative estimate of drug-likeness (QED) is 0.859. The molecule has 2 aromatic rings. The maximum absolute atomic E-state index is 10.2. The molecule has 0 spiro atoms. The number of rotatable bonds is 6. The summed E-state index contributed by atoms with van der Waals surface area (Å²) < 4.78 is 1.22. The van der Waals surface area contributed by atoms with Gasteiger partial charge in [0.05, 0.1) is 16.3 Å². The Morgan fingerprint density at radius 1 is 1.45 bits per heavy atom. The minimum absolute atomic E-state index is 0.299. The summed E-state index contributed by atoms with van der Waals surface area (Å²) >= 11 is 1.72. The molecule has 1 aliphatic heterocycles. The molecule has 0 amide bonds. The molecular weight excluding hydrogens is 294 g/mol. The summed E-state index contributed by atoms with van der Waals surface area (Å²) in [6.07, 6.45) is 4.13. The summed E-state index contributed by atoms with van der Waals surface area (Å²) in [6, 6.07) is 4.22. The predicted octanol–water partition coefficient (Wildman–Crippen LogP) is 2.48. The van der Waals surface area contributed by atoms with Crippen molar-refractivity contribution in [2.24, 2.45) is 5.92 Å². The van der Waals surface area contributed by atoms with Gasteiger partial charge in [0.2, 0.25) is 0 Å². The van der Waals surface area contributed by atoms with Crippen LogP contribution in [-0.4, -0.2) is 47.3 Å². The first-order valence-corrected chi connectivity index (χ1v) is 9.02. The summed E-state index contributed by atoms with van der Waals surface area (Å²) in [5.41, 5.74) is 2.24. The number of aliphatic hydroxyl groups excluding tert-OH is 1. The molecule has 0 radical (unpaired) electrons. The fraction of sp³-hybridized carbons (Fsp3) is 0.588. The van der Waals surface area contributed by atoms with Crippen molar-refractivity contribution in [1.82, 2.24) is 15.2 Å². The first-order valence-electron chi connectivity index (χ1n) is 8.14.